The molecule has 198 valence electrons. The van der Waals surface area contributed by atoms with Crippen molar-refractivity contribution in [3.63, 3.8) is 0 Å². The van der Waals surface area contributed by atoms with E-state index < -0.39 is 35.5 Å². The van der Waals surface area contributed by atoms with Crippen LogP contribution < -0.4 is 10.6 Å². The van der Waals surface area contributed by atoms with Crippen molar-refractivity contribution in [2.24, 2.45) is 5.92 Å². The topological polar surface area (TPSA) is 112 Å². The number of piperidine rings is 1. The van der Waals surface area contributed by atoms with E-state index in [0.29, 0.717) is 23.2 Å². The molecule has 2 heterocycles. The summed E-state index contributed by atoms with van der Waals surface area (Å²) in [6.07, 6.45) is 1.86. The van der Waals surface area contributed by atoms with Crippen molar-refractivity contribution in [3.8, 4) is 17.2 Å². The van der Waals surface area contributed by atoms with E-state index in [4.69, 9.17) is 4.74 Å². The first kappa shape index (κ1) is 25.7. The summed E-state index contributed by atoms with van der Waals surface area (Å²) < 4.78 is 20.6. The first-order chi connectivity index (χ1) is 18.0. The van der Waals surface area contributed by atoms with Crippen LogP contribution in [-0.4, -0.2) is 46.5 Å². The summed E-state index contributed by atoms with van der Waals surface area (Å²) in [6, 6.07) is 10.5. The fourth-order valence-corrected chi connectivity index (χ4v) is 5.81. The van der Waals surface area contributed by atoms with Crippen molar-refractivity contribution in [1.82, 2.24) is 15.5 Å². The molecule has 2 aromatic carbocycles. The number of halogens is 1. The summed E-state index contributed by atoms with van der Waals surface area (Å²) in [4.78, 5) is 39.5. The molecule has 0 aromatic heterocycles. The van der Waals surface area contributed by atoms with Crippen LogP contribution in [0.15, 0.2) is 36.4 Å². The minimum absolute atomic E-state index is 0.00971. The van der Waals surface area contributed by atoms with E-state index in [9.17, 15) is 19.6 Å². The fourth-order valence-electron chi connectivity index (χ4n) is 5.81. The Labute approximate surface area is 221 Å². The standard InChI is InChI=1S/C29H31FN4O4/c1-29(2,3)38-28(37)34-22-8-6-19(12-22)25(34)27(36)33-21(14-31)11-18-5-4-17(13-24(18)30)16-7-9-23-20(10-16)15-32-26(23)35/h4-5,7,9-10,13,19,21-22,25H,6,8,11-12,15H2,1-3H3,(H,32,35)(H,33,36)/t19?,21?,22-,25+/m1/s1. The fraction of sp³-hybridized carbons (Fsp3) is 0.448. The van der Waals surface area contributed by atoms with Gasteiger partial charge in [-0.05, 0) is 86.4 Å². The predicted molar refractivity (Wildman–Crippen MR) is 137 cm³/mol. The van der Waals surface area contributed by atoms with Crippen molar-refractivity contribution in [2.45, 2.75) is 76.7 Å². The lowest BCUT2D eigenvalue weighted by Gasteiger charge is -2.35. The quantitative estimate of drug-likeness (QED) is 0.620. The van der Waals surface area contributed by atoms with Gasteiger partial charge in [-0.1, -0.05) is 18.2 Å². The van der Waals surface area contributed by atoms with Crippen LogP contribution in [0.1, 0.15) is 61.5 Å². The van der Waals surface area contributed by atoms with E-state index >= 15 is 4.39 Å². The Balaban J connectivity index is 1.28. The minimum Gasteiger partial charge on any atom is -0.444 e. The SMILES string of the molecule is CC(C)(C)OC(=O)N1[C@@H]2CCC(C2)[C@H]1C(=O)NC(C#N)Cc1ccc(-c2ccc3c(c2)CNC3=O)cc1F. The number of rotatable bonds is 5. The number of nitriles is 1. The van der Waals surface area contributed by atoms with Crippen LogP contribution in [0.4, 0.5) is 9.18 Å². The van der Waals surface area contributed by atoms with E-state index in [1.165, 1.54) is 11.0 Å². The molecule has 2 aromatic rings. The molecule has 2 bridgehead atoms. The number of nitrogens with zero attached hydrogens (tertiary/aromatic N) is 2. The summed E-state index contributed by atoms with van der Waals surface area (Å²) in [5, 5.41) is 15.3. The molecular weight excluding hydrogens is 487 g/mol. The monoisotopic (exact) mass is 518 g/mol. The Morgan fingerprint density at radius 2 is 1.95 bits per heavy atom. The molecule has 2 N–H and O–H groups in total. The van der Waals surface area contributed by atoms with E-state index in [1.807, 2.05) is 6.07 Å². The lowest BCUT2D eigenvalue weighted by molar-refractivity contribution is -0.128. The molecule has 2 aliphatic heterocycles. The zero-order valence-electron chi connectivity index (χ0n) is 21.7. The summed E-state index contributed by atoms with van der Waals surface area (Å²) >= 11 is 0. The van der Waals surface area contributed by atoms with Gasteiger partial charge >= 0.3 is 6.09 Å². The highest BCUT2D eigenvalue weighted by molar-refractivity contribution is 5.98. The number of carbonyl (C=O) groups excluding carboxylic acids is 3. The van der Waals surface area contributed by atoms with E-state index in [0.717, 1.165) is 30.4 Å². The molecule has 38 heavy (non-hydrogen) atoms. The Hall–Kier alpha value is -3.93. The molecule has 9 heteroatoms. The number of benzene rings is 2. The number of amides is 3. The molecule has 0 radical (unpaired) electrons. The highest BCUT2D eigenvalue weighted by atomic mass is 19.1. The van der Waals surface area contributed by atoms with Gasteiger partial charge in [-0.3, -0.25) is 14.5 Å². The molecule has 0 spiro atoms. The molecule has 1 saturated carbocycles. The second-order valence-electron chi connectivity index (χ2n) is 11.3. The van der Waals surface area contributed by atoms with Gasteiger partial charge in [-0.25, -0.2) is 9.18 Å². The third kappa shape index (κ3) is 4.95. The zero-order valence-corrected chi connectivity index (χ0v) is 21.7. The average Bonchev–Trinajstić information content (AvgIpc) is 3.58. The smallest absolute Gasteiger partial charge is 0.411 e. The van der Waals surface area contributed by atoms with Crippen molar-refractivity contribution in [3.05, 3.63) is 58.9 Å². The van der Waals surface area contributed by atoms with E-state index in [2.05, 4.69) is 16.7 Å². The van der Waals surface area contributed by atoms with Crippen molar-refractivity contribution in [1.29, 1.82) is 5.26 Å². The van der Waals surface area contributed by atoms with E-state index in [1.54, 1.807) is 45.0 Å². The number of hydrogen-bond acceptors (Lipinski definition) is 5. The molecule has 2 unspecified atom stereocenters. The molecular formula is C29H31FN4O4. The first-order valence-electron chi connectivity index (χ1n) is 13.0. The van der Waals surface area contributed by atoms with E-state index in [-0.39, 0.29) is 24.3 Å². The molecule has 3 aliphatic rings. The van der Waals surface area contributed by atoms with Gasteiger partial charge in [0.25, 0.3) is 5.91 Å². The van der Waals surface area contributed by atoms with Gasteiger partial charge in [0.15, 0.2) is 0 Å². The highest BCUT2D eigenvalue weighted by Crippen LogP contribution is 2.43. The van der Waals surface area contributed by atoms with Crippen LogP contribution >= 0.6 is 0 Å². The summed E-state index contributed by atoms with van der Waals surface area (Å²) in [6.45, 7) is 5.78. The third-order valence-electron chi connectivity index (χ3n) is 7.53. The molecule has 1 aliphatic carbocycles. The van der Waals surface area contributed by atoms with Crippen LogP contribution in [0.2, 0.25) is 0 Å². The Morgan fingerprint density at radius 3 is 2.66 bits per heavy atom. The number of carbonyl (C=O) groups is 3. The minimum atomic E-state index is -0.959. The molecule has 4 atom stereocenters. The van der Waals surface area contributed by atoms with Gasteiger partial charge < -0.3 is 15.4 Å². The van der Waals surface area contributed by atoms with Crippen molar-refractivity contribution in [2.75, 3.05) is 0 Å². The Kier molecular flexibility index (Phi) is 6.59. The first-order valence-corrected chi connectivity index (χ1v) is 13.0. The number of likely N-dealkylation sites (tertiary alicyclic amines) is 1. The second kappa shape index (κ2) is 9.75. The summed E-state index contributed by atoms with van der Waals surface area (Å²) in [5.74, 6) is -0.993. The van der Waals surface area contributed by atoms with Crippen LogP contribution in [0.25, 0.3) is 11.1 Å². The molecule has 8 nitrogen and oxygen atoms in total. The molecule has 3 amide bonds. The van der Waals surface area contributed by atoms with Crippen molar-refractivity contribution < 1.29 is 23.5 Å². The van der Waals surface area contributed by atoms with Crippen LogP contribution in [-0.2, 0) is 22.5 Å². The predicted octanol–water partition coefficient (Wildman–Crippen LogP) is 4.07. The summed E-state index contributed by atoms with van der Waals surface area (Å²) in [5.41, 5.74) is 2.54. The highest BCUT2D eigenvalue weighted by Gasteiger charge is 2.52. The van der Waals surface area contributed by atoms with Gasteiger partial charge in [0.2, 0.25) is 5.91 Å². The average molecular weight is 519 g/mol. The van der Waals surface area contributed by atoms with Crippen molar-refractivity contribution >= 4 is 17.9 Å². The van der Waals surface area contributed by atoms with Gasteiger partial charge in [-0.15, -0.1) is 0 Å². The van der Waals surface area contributed by atoms with Gasteiger partial charge in [0.05, 0.1) is 6.07 Å². The van der Waals surface area contributed by atoms with Crippen LogP contribution in [0, 0.1) is 23.1 Å². The molecule has 2 fully saturated rings. The molecule has 1 saturated heterocycles. The summed E-state index contributed by atoms with van der Waals surface area (Å²) in [7, 11) is 0. The Bertz CT molecular complexity index is 1350. The Morgan fingerprint density at radius 1 is 1.21 bits per heavy atom. The lowest BCUT2D eigenvalue weighted by atomic mass is 9.96. The van der Waals surface area contributed by atoms with Gasteiger partial charge in [0, 0.05) is 24.6 Å². The van der Waals surface area contributed by atoms with Crippen LogP contribution in [0.3, 0.4) is 0 Å². The largest absolute Gasteiger partial charge is 0.444 e. The van der Waals surface area contributed by atoms with Gasteiger partial charge in [0.1, 0.15) is 23.5 Å². The zero-order chi connectivity index (χ0) is 27.2. The second-order valence-corrected chi connectivity index (χ2v) is 11.3. The maximum atomic E-state index is 15.1. The number of ether oxygens (including phenoxy) is 1. The van der Waals surface area contributed by atoms with Gasteiger partial charge in [-0.2, -0.15) is 5.26 Å². The third-order valence-corrected chi connectivity index (χ3v) is 7.53. The number of hydrogen-bond donors (Lipinski definition) is 2. The number of nitrogens with one attached hydrogen (secondary N) is 2. The maximum Gasteiger partial charge on any atom is 0.411 e. The lowest BCUT2D eigenvalue weighted by Crippen LogP contribution is -2.55. The molecule has 5 rings (SSSR count). The maximum absolute atomic E-state index is 15.1. The number of fused-ring (bicyclic) bond motifs is 3. The normalized spacial score (nSPS) is 22.4. The van der Waals surface area contributed by atoms with Crippen LogP contribution in [0.5, 0.6) is 0 Å².